The third-order valence-electron chi connectivity index (χ3n) is 2.61. The van der Waals surface area contributed by atoms with Crippen molar-refractivity contribution in [1.29, 1.82) is 0 Å². The van der Waals surface area contributed by atoms with Crippen LogP contribution in [0.5, 0.6) is 0 Å². The van der Waals surface area contributed by atoms with Gasteiger partial charge >= 0.3 is 0 Å². The molecule has 0 aliphatic heterocycles. The molecule has 15 heavy (non-hydrogen) atoms. The average molecular weight is 232 g/mol. The van der Waals surface area contributed by atoms with E-state index in [2.05, 4.69) is 13.8 Å². The fourth-order valence-corrected chi connectivity index (χ4v) is 1.92. The summed E-state index contributed by atoms with van der Waals surface area (Å²) in [6, 6.07) is 0. The van der Waals surface area contributed by atoms with Crippen LogP contribution in [0.2, 0.25) is 0 Å². The van der Waals surface area contributed by atoms with E-state index >= 15 is 0 Å². The standard InChI is InChI=1S/C12H28O2Si/c1-3-5-8-12(9-6-4-2)13-10-7-11-14-15/h12H,3-11H2,1-2,15H3. The molecule has 0 saturated heterocycles. The molecule has 0 fully saturated rings. The highest BCUT2D eigenvalue weighted by Gasteiger charge is 2.07. The van der Waals surface area contributed by atoms with Crippen molar-refractivity contribution in [1.82, 2.24) is 0 Å². The van der Waals surface area contributed by atoms with Crippen LogP contribution in [0.1, 0.15) is 58.8 Å². The molecule has 92 valence electrons. The van der Waals surface area contributed by atoms with Gasteiger partial charge in [0.05, 0.1) is 6.10 Å². The lowest BCUT2D eigenvalue weighted by Gasteiger charge is -2.17. The van der Waals surface area contributed by atoms with Crippen molar-refractivity contribution >= 4 is 10.5 Å². The summed E-state index contributed by atoms with van der Waals surface area (Å²) in [5.74, 6) is 0. The third kappa shape index (κ3) is 10.4. The Morgan fingerprint density at radius 1 is 0.933 bits per heavy atom. The van der Waals surface area contributed by atoms with Gasteiger partial charge in [-0.2, -0.15) is 0 Å². The lowest BCUT2D eigenvalue weighted by molar-refractivity contribution is 0.0326. The van der Waals surface area contributed by atoms with Crippen molar-refractivity contribution in [3.63, 3.8) is 0 Å². The van der Waals surface area contributed by atoms with Gasteiger partial charge in [-0.3, -0.25) is 0 Å². The van der Waals surface area contributed by atoms with Crippen LogP contribution in [0.3, 0.4) is 0 Å². The molecule has 0 unspecified atom stereocenters. The zero-order chi connectivity index (χ0) is 11.4. The van der Waals surface area contributed by atoms with E-state index in [9.17, 15) is 0 Å². The fraction of sp³-hybridized carbons (Fsp3) is 1.00. The van der Waals surface area contributed by atoms with E-state index in [-0.39, 0.29) is 0 Å². The molecule has 0 atom stereocenters. The predicted octanol–water partition coefficient (Wildman–Crippen LogP) is 2.44. The van der Waals surface area contributed by atoms with Gasteiger partial charge in [0.15, 0.2) is 0 Å². The van der Waals surface area contributed by atoms with Gasteiger partial charge in [0.1, 0.15) is 10.5 Å². The van der Waals surface area contributed by atoms with Crippen molar-refractivity contribution in [3.8, 4) is 0 Å². The smallest absolute Gasteiger partial charge is 0.145 e. The number of hydrogen-bond donors (Lipinski definition) is 0. The van der Waals surface area contributed by atoms with Crippen LogP contribution < -0.4 is 0 Å². The maximum Gasteiger partial charge on any atom is 0.145 e. The second-order valence-electron chi connectivity index (χ2n) is 4.12. The molecule has 0 aromatic carbocycles. The van der Waals surface area contributed by atoms with Crippen molar-refractivity contribution in [2.75, 3.05) is 13.2 Å². The second-order valence-corrected chi connectivity index (χ2v) is 4.70. The van der Waals surface area contributed by atoms with E-state index in [1.54, 1.807) is 0 Å². The number of hydrogen-bond acceptors (Lipinski definition) is 2. The average Bonchev–Trinajstić information content (AvgIpc) is 2.27. The van der Waals surface area contributed by atoms with Crippen LogP contribution in [-0.2, 0) is 9.16 Å². The van der Waals surface area contributed by atoms with Gasteiger partial charge in [-0.05, 0) is 19.3 Å². The molecule has 0 radical (unpaired) electrons. The predicted molar refractivity (Wildman–Crippen MR) is 69.3 cm³/mol. The van der Waals surface area contributed by atoms with Gasteiger partial charge in [-0.25, -0.2) is 0 Å². The maximum atomic E-state index is 5.88. The number of ether oxygens (including phenoxy) is 1. The summed E-state index contributed by atoms with van der Waals surface area (Å²) >= 11 is 0. The first kappa shape index (κ1) is 15.1. The minimum atomic E-state index is 0.499. The maximum absolute atomic E-state index is 5.88. The van der Waals surface area contributed by atoms with Gasteiger partial charge in [0, 0.05) is 13.2 Å². The zero-order valence-corrected chi connectivity index (χ0v) is 12.8. The first-order chi connectivity index (χ1) is 7.35. The molecule has 3 heteroatoms. The summed E-state index contributed by atoms with van der Waals surface area (Å²) < 4.78 is 11.0. The summed E-state index contributed by atoms with van der Waals surface area (Å²) in [5, 5.41) is 0. The highest BCUT2D eigenvalue weighted by atomic mass is 28.2. The van der Waals surface area contributed by atoms with Crippen molar-refractivity contribution in [3.05, 3.63) is 0 Å². The van der Waals surface area contributed by atoms with E-state index in [0.717, 1.165) is 30.1 Å². The normalized spacial score (nSPS) is 11.4. The SMILES string of the molecule is CCCCC(CCCC)OCCCO[SiH3]. The number of unbranched alkanes of at least 4 members (excludes halogenated alkanes) is 2. The molecule has 0 saturated carbocycles. The van der Waals surface area contributed by atoms with Crippen LogP contribution >= 0.6 is 0 Å². The molecule has 0 aromatic heterocycles. The summed E-state index contributed by atoms with van der Waals surface area (Å²) in [5.41, 5.74) is 0. The van der Waals surface area contributed by atoms with E-state index in [1.165, 1.54) is 38.5 Å². The molecular formula is C12H28O2Si. The minimum Gasteiger partial charge on any atom is -0.428 e. The van der Waals surface area contributed by atoms with Crippen LogP contribution in [0.15, 0.2) is 0 Å². The summed E-state index contributed by atoms with van der Waals surface area (Å²) in [6.07, 6.45) is 9.16. The fourth-order valence-electron chi connectivity index (χ4n) is 1.63. The molecule has 2 nitrogen and oxygen atoms in total. The lowest BCUT2D eigenvalue weighted by atomic mass is 10.1. The van der Waals surface area contributed by atoms with E-state index in [4.69, 9.17) is 9.16 Å². The van der Waals surface area contributed by atoms with Crippen molar-refractivity contribution in [2.45, 2.75) is 64.9 Å². The highest BCUT2D eigenvalue weighted by molar-refractivity contribution is 5.97. The minimum absolute atomic E-state index is 0.499. The summed E-state index contributed by atoms with van der Waals surface area (Å²) in [4.78, 5) is 0. The molecule has 0 heterocycles. The molecule has 0 N–H and O–H groups in total. The van der Waals surface area contributed by atoms with Crippen molar-refractivity contribution in [2.24, 2.45) is 0 Å². The van der Waals surface area contributed by atoms with Crippen LogP contribution in [0.25, 0.3) is 0 Å². The molecule has 0 aliphatic rings. The van der Waals surface area contributed by atoms with Crippen LogP contribution in [0, 0.1) is 0 Å². The first-order valence-electron chi connectivity index (χ1n) is 6.45. The largest absolute Gasteiger partial charge is 0.428 e. The quantitative estimate of drug-likeness (QED) is 0.402. The first-order valence-corrected chi connectivity index (χ1v) is 7.27. The third-order valence-corrected chi connectivity index (χ3v) is 3.01. The molecular weight excluding hydrogens is 204 g/mol. The Morgan fingerprint density at radius 3 is 2.00 bits per heavy atom. The highest BCUT2D eigenvalue weighted by Crippen LogP contribution is 2.12. The second kappa shape index (κ2) is 12.2. The monoisotopic (exact) mass is 232 g/mol. The van der Waals surface area contributed by atoms with E-state index in [1.807, 2.05) is 0 Å². The van der Waals surface area contributed by atoms with Crippen LogP contribution in [-0.4, -0.2) is 29.8 Å². The molecule has 0 spiro atoms. The van der Waals surface area contributed by atoms with Gasteiger partial charge in [-0.15, -0.1) is 0 Å². The molecule has 0 aliphatic carbocycles. The van der Waals surface area contributed by atoms with E-state index in [0.29, 0.717) is 6.10 Å². The Kier molecular flexibility index (Phi) is 12.3. The van der Waals surface area contributed by atoms with Gasteiger partial charge in [0.25, 0.3) is 0 Å². The zero-order valence-electron chi connectivity index (χ0n) is 10.8. The Morgan fingerprint density at radius 2 is 1.53 bits per heavy atom. The molecule has 0 aromatic rings. The summed E-state index contributed by atoms with van der Waals surface area (Å²) in [7, 11) is 0.850. The molecule has 0 bridgehead atoms. The van der Waals surface area contributed by atoms with Gasteiger partial charge in [-0.1, -0.05) is 39.5 Å². The molecule has 0 rings (SSSR count). The molecule has 0 amide bonds. The Bertz CT molecular complexity index is 112. The Balaban J connectivity index is 3.49. The Labute approximate surface area is 98.3 Å². The number of rotatable bonds is 11. The Hall–Kier alpha value is 0.137. The lowest BCUT2D eigenvalue weighted by Crippen LogP contribution is -2.14. The van der Waals surface area contributed by atoms with E-state index < -0.39 is 0 Å². The van der Waals surface area contributed by atoms with Gasteiger partial charge in [0.2, 0.25) is 0 Å². The van der Waals surface area contributed by atoms with Gasteiger partial charge < -0.3 is 9.16 Å². The summed E-state index contributed by atoms with van der Waals surface area (Å²) in [6.45, 7) is 6.24. The van der Waals surface area contributed by atoms with Crippen LogP contribution in [0.4, 0.5) is 0 Å². The van der Waals surface area contributed by atoms with Crippen molar-refractivity contribution < 1.29 is 9.16 Å². The topological polar surface area (TPSA) is 18.5 Å².